The van der Waals surface area contributed by atoms with Crippen molar-refractivity contribution in [3.63, 3.8) is 0 Å². The predicted molar refractivity (Wildman–Crippen MR) is 95.6 cm³/mol. The van der Waals surface area contributed by atoms with Crippen molar-refractivity contribution in [3.05, 3.63) is 39.9 Å². The second-order valence-corrected chi connectivity index (χ2v) is 6.85. The van der Waals surface area contributed by atoms with Crippen molar-refractivity contribution in [1.29, 1.82) is 5.26 Å². The standard InChI is InChI=1S/C16H14BrClFN5/c1-9(7-20)12-8-24(6-5-23(12)2)15-10-3-4-11(17)13(19)14(10)21-16(18)22-15/h3-4,12H,1,5-6,8H2,2H3/t12-/m1/s1. The van der Waals surface area contributed by atoms with E-state index in [1.54, 1.807) is 12.1 Å². The number of benzene rings is 1. The van der Waals surface area contributed by atoms with Gasteiger partial charge in [0, 0.05) is 30.6 Å². The molecule has 0 radical (unpaired) electrons. The summed E-state index contributed by atoms with van der Waals surface area (Å²) < 4.78 is 14.7. The van der Waals surface area contributed by atoms with Crippen molar-refractivity contribution in [2.75, 3.05) is 31.6 Å². The molecule has 124 valence electrons. The average Bonchev–Trinajstić information content (AvgIpc) is 2.57. The van der Waals surface area contributed by atoms with Crippen LogP contribution in [0.25, 0.3) is 10.9 Å². The summed E-state index contributed by atoms with van der Waals surface area (Å²) in [7, 11) is 1.95. The van der Waals surface area contributed by atoms with Crippen LogP contribution in [0.5, 0.6) is 0 Å². The first-order valence-corrected chi connectivity index (χ1v) is 8.44. The average molecular weight is 411 g/mol. The maximum absolute atomic E-state index is 14.4. The van der Waals surface area contributed by atoms with E-state index in [2.05, 4.69) is 43.4 Å². The largest absolute Gasteiger partial charge is 0.353 e. The number of halogens is 3. The fourth-order valence-corrected chi connectivity index (χ4v) is 3.34. The van der Waals surface area contributed by atoms with Crippen LogP contribution in [0, 0.1) is 17.1 Å². The Kier molecular flexibility index (Phi) is 4.72. The molecule has 5 nitrogen and oxygen atoms in total. The Morgan fingerprint density at radius 1 is 1.46 bits per heavy atom. The smallest absolute Gasteiger partial charge is 0.225 e. The van der Waals surface area contributed by atoms with Crippen LogP contribution >= 0.6 is 27.5 Å². The minimum atomic E-state index is -0.467. The zero-order chi connectivity index (χ0) is 17.4. The van der Waals surface area contributed by atoms with Crippen LogP contribution in [-0.4, -0.2) is 47.6 Å². The number of aromatic nitrogens is 2. The molecule has 0 spiro atoms. The fourth-order valence-electron chi connectivity index (χ4n) is 2.85. The first kappa shape index (κ1) is 17.1. The van der Waals surface area contributed by atoms with Crippen molar-refractivity contribution in [3.8, 4) is 6.07 Å². The molecule has 0 N–H and O–H groups in total. The second kappa shape index (κ2) is 6.63. The molecule has 1 aliphatic heterocycles. The zero-order valence-corrected chi connectivity index (χ0v) is 15.3. The molecule has 0 amide bonds. The minimum Gasteiger partial charge on any atom is -0.353 e. The summed E-state index contributed by atoms with van der Waals surface area (Å²) in [6.45, 7) is 5.77. The molecule has 3 rings (SSSR count). The Hall–Kier alpha value is -1.75. The Balaban J connectivity index is 2.08. The number of nitriles is 1. The van der Waals surface area contributed by atoms with E-state index in [0.29, 0.717) is 34.3 Å². The molecule has 1 aromatic carbocycles. The second-order valence-electron chi connectivity index (χ2n) is 5.65. The zero-order valence-electron chi connectivity index (χ0n) is 12.9. The Bertz CT molecular complexity index is 866. The lowest BCUT2D eigenvalue weighted by atomic mass is 10.1. The Morgan fingerprint density at radius 2 is 2.21 bits per heavy atom. The van der Waals surface area contributed by atoms with Gasteiger partial charge in [0.1, 0.15) is 11.3 Å². The minimum absolute atomic E-state index is 0.0101. The topological polar surface area (TPSA) is 56.1 Å². The van der Waals surface area contributed by atoms with Gasteiger partial charge in [-0.1, -0.05) is 6.58 Å². The van der Waals surface area contributed by atoms with Crippen molar-refractivity contribution in [2.24, 2.45) is 0 Å². The molecule has 2 heterocycles. The van der Waals surface area contributed by atoms with E-state index in [9.17, 15) is 4.39 Å². The number of piperazine rings is 1. The van der Waals surface area contributed by atoms with Gasteiger partial charge in [0.2, 0.25) is 5.28 Å². The summed E-state index contributed by atoms with van der Waals surface area (Å²) in [5.74, 6) is 0.102. The van der Waals surface area contributed by atoms with Crippen LogP contribution in [0.2, 0.25) is 5.28 Å². The van der Waals surface area contributed by atoms with Gasteiger partial charge in [0.25, 0.3) is 0 Å². The molecule has 1 aromatic heterocycles. The monoisotopic (exact) mass is 409 g/mol. The molecule has 0 unspecified atom stereocenters. The first-order valence-electron chi connectivity index (χ1n) is 7.27. The highest BCUT2D eigenvalue weighted by Crippen LogP contribution is 2.32. The van der Waals surface area contributed by atoms with Crippen LogP contribution in [0.3, 0.4) is 0 Å². The fraction of sp³-hybridized carbons (Fsp3) is 0.312. The summed E-state index contributed by atoms with van der Waals surface area (Å²) in [4.78, 5) is 12.4. The van der Waals surface area contributed by atoms with Gasteiger partial charge >= 0.3 is 0 Å². The molecule has 1 atom stereocenters. The summed E-state index contributed by atoms with van der Waals surface area (Å²) in [6, 6.07) is 5.39. The molecule has 8 heteroatoms. The maximum Gasteiger partial charge on any atom is 0.225 e. The van der Waals surface area contributed by atoms with E-state index in [0.717, 1.165) is 6.54 Å². The van der Waals surface area contributed by atoms with Gasteiger partial charge in [-0.25, -0.2) is 9.37 Å². The number of likely N-dealkylation sites (N-methyl/N-ethyl adjacent to an activating group) is 1. The van der Waals surface area contributed by atoms with Crippen LogP contribution in [-0.2, 0) is 0 Å². The van der Waals surface area contributed by atoms with E-state index in [-0.39, 0.29) is 16.8 Å². The quantitative estimate of drug-likeness (QED) is 0.561. The molecule has 0 aliphatic carbocycles. The third-order valence-corrected chi connectivity index (χ3v) is 4.99. The van der Waals surface area contributed by atoms with Gasteiger partial charge in [-0.15, -0.1) is 0 Å². The van der Waals surface area contributed by atoms with Gasteiger partial charge in [-0.3, -0.25) is 4.90 Å². The number of hydrogen-bond acceptors (Lipinski definition) is 5. The summed E-state index contributed by atoms with van der Waals surface area (Å²) in [5.41, 5.74) is 0.662. The maximum atomic E-state index is 14.4. The van der Waals surface area contributed by atoms with Crippen LogP contribution in [0.1, 0.15) is 0 Å². The third-order valence-electron chi connectivity index (χ3n) is 4.21. The van der Waals surface area contributed by atoms with Crippen LogP contribution in [0.4, 0.5) is 10.2 Å². The molecular weight excluding hydrogens is 397 g/mol. The first-order chi connectivity index (χ1) is 11.4. The normalized spacial score (nSPS) is 18.6. The molecule has 0 bridgehead atoms. The van der Waals surface area contributed by atoms with Crippen molar-refractivity contribution < 1.29 is 4.39 Å². The summed E-state index contributed by atoms with van der Waals surface area (Å²) in [6.07, 6.45) is 0. The van der Waals surface area contributed by atoms with Crippen molar-refractivity contribution in [1.82, 2.24) is 14.9 Å². The number of rotatable bonds is 2. The Labute approximate surface area is 152 Å². The Morgan fingerprint density at radius 3 is 2.92 bits per heavy atom. The van der Waals surface area contributed by atoms with E-state index in [1.807, 2.05) is 11.9 Å². The number of fused-ring (bicyclic) bond motifs is 1. The van der Waals surface area contributed by atoms with Gasteiger partial charge in [-0.05, 0) is 46.7 Å². The SMILES string of the molecule is C=C(C#N)[C@H]1CN(c2nc(Cl)nc3c(F)c(Br)ccc23)CCN1C. The summed E-state index contributed by atoms with van der Waals surface area (Å²) in [5, 5.41) is 9.73. The highest BCUT2D eigenvalue weighted by atomic mass is 79.9. The van der Waals surface area contributed by atoms with E-state index in [4.69, 9.17) is 16.9 Å². The van der Waals surface area contributed by atoms with Crippen molar-refractivity contribution >= 4 is 44.3 Å². The van der Waals surface area contributed by atoms with E-state index in [1.165, 1.54) is 0 Å². The number of nitrogens with zero attached hydrogens (tertiary/aromatic N) is 5. The van der Waals surface area contributed by atoms with Gasteiger partial charge in [0.15, 0.2) is 5.82 Å². The lowest BCUT2D eigenvalue weighted by Crippen LogP contribution is -2.52. The molecule has 0 saturated carbocycles. The van der Waals surface area contributed by atoms with Crippen LogP contribution < -0.4 is 4.90 Å². The van der Waals surface area contributed by atoms with Crippen molar-refractivity contribution in [2.45, 2.75) is 6.04 Å². The number of hydrogen-bond donors (Lipinski definition) is 0. The van der Waals surface area contributed by atoms with Gasteiger partial charge in [0.05, 0.1) is 16.6 Å². The lowest BCUT2D eigenvalue weighted by molar-refractivity contribution is 0.250. The van der Waals surface area contributed by atoms with Gasteiger partial charge in [-0.2, -0.15) is 10.2 Å². The van der Waals surface area contributed by atoms with Crippen LogP contribution in [0.15, 0.2) is 28.8 Å². The predicted octanol–water partition coefficient (Wildman–Crippen LogP) is 3.38. The molecular formula is C16H14BrClFN5. The highest BCUT2D eigenvalue weighted by Gasteiger charge is 2.29. The van der Waals surface area contributed by atoms with E-state index >= 15 is 0 Å². The highest BCUT2D eigenvalue weighted by molar-refractivity contribution is 9.10. The molecule has 24 heavy (non-hydrogen) atoms. The third kappa shape index (κ3) is 2.97. The summed E-state index contributed by atoms with van der Waals surface area (Å²) >= 11 is 9.17. The molecule has 2 aromatic rings. The molecule has 1 saturated heterocycles. The number of anilines is 1. The van der Waals surface area contributed by atoms with Gasteiger partial charge < -0.3 is 4.90 Å². The molecule has 1 fully saturated rings. The lowest BCUT2D eigenvalue weighted by Gasteiger charge is -2.39. The molecule has 1 aliphatic rings. The van der Waals surface area contributed by atoms with E-state index < -0.39 is 5.82 Å².